The molecule has 2 atom stereocenters. The summed E-state index contributed by atoms with van der Waals surface area (Å²) in [5.74, 6) is 0.353. The van der Waals surface area contributed by atoms with Crippen molar-refractivity contribution in [1.82, 2.24) is 0 Å². The number of hydrogen-bond acceptors (Lipinski definition) is 2. The molecule has 4 heteroatoms. The lowest BCUT2D eigenvalue weighted by molar-refractivity contribution is 0.161. The Bertz CT molecular complexity index is 659. The van der Waals surface area contributed by atoms with Gasteiger partial charge in [-0.1, -0.05) is 23.7 Å². The molecule has 104 valence electrons. The Morgan fingerprint density at radius 2 is 2.05 bits per heavy atom. The molecule has 0 fully saturated rings. The predicted molar refractivity (Wildman–Crippen MR) is 77.5 cm³/mol. The summed E-state index contributed by atoms with van der Waals surface area (Å²) in [6, 6.07) is 10.1. The maximum Gasteiger partial charge on any atom is 0.126 e. The first-order chi connectivity index (χ1) is 9.54. The highest BCUT2D eigenvalue weighted by Crippen LogP contribution is 2.40. The first-order valence-corrected chi connectivity index (χ1v) is 6.90. The van der Waals surface area contributed by atoms with Crippen LogP contribution >= 0.6 is 11.6 Å². The molecule has 0 saturated heterocycles. The molecule has 1 heterocycles. The Morgan fingerprint density at radius 3 is 2.80 bits per heavy atom. The van der Waals surface area contributed by atoms with Crippen molar-refractivity contribution >= 4 is 11.6 Å². The Hall–Kier alpha value is -1.58. The highest BCUT2D eigenvalue weighted by Gasteiger charge is 2.27. The quantitative estimate of drug-likeness (QED) is 0.849. The molecule has 0 radical (unpaired) electrons. The third-order valence-corrected chi connectivity index (χ3v) is 4.08. The van der Waals surface area contributed by atoms with Gasteiger partial charge in [0.2, 0.25) is 0 Å². The minimum Gasteiger partial charge on any atom is -0.485 e. The molecule has 3 rings (SSSR count). The van der Waals surface area contributed by atoms with E-state index >= 15 is 0 Å². The number of nitrogens with two attached hydrogens (primary N) is 1. The van der Waals surface area contributed by atoms with E-state index in [-0.39, 0.29) is 18.0 Å². The molecular weight excluding hydrogens is 277 g/mol. The lowest BCUT2D eigenvalue weighted by Crippen LogP contribution is -2.24. The van der Waals surface area contributed by atoms with Crippen LogP contribution in [0, 0.1) is 12.7 Å². The predicted octanol–water partition coefficient (Wildman–Crippen LogP) is 4.31. The van der Waals surface area contributed by atoms with Crippen LogP contribution < -0.4 is 10.5 Å². The number of rotatable bonds is 1. The van der Waals surface area contributed by atoms with Crippen LogP contribution in [0.1, 0.15) is 35.3 Å². The zero-order chi connectivity index (χ0) is 14.3. The summed E-state index contributed by atoms with van der Waals surface area (Å²) in [6.07, 6.45) is 0.455. The summed E-state index contributed by atoms with van der Waals surface area (Å²) >= 11 is 6.15. The second-order valence-corrected chi connectivity index (χ2v) is 5.55. The second kappa shape index (κ2) is 5.08. The highest BCUT2D eigenvalue weighted by atomic mass is 35.5. The van der Waals surface area contributed by atoms with Gasteiger partial charge in [-0.15, -0.1) is 0 Å². The zero-order valence-corrected chi connectivity index (χ0v) is 11.8. The fraction of sp³-hybridized carbons (Fsp3) is 0.250. The number of benzene rings is 2. The van der Waals surface area contributed by atoms with Gasteiger partial charge in [0.1, 0.15) is 17.7 Å². The average Bonchev–Trinajstić information content (AvgIpc) is 2.42. The van der Waals surface area contributed by atoms with Gasteiger partial charge >= 0.3 is 0 Å². The largest absolute Gasteiger partial charge is 0.485 e. The molecule has 1 aliphatic heterocycles. The molecule has 0 saturated carbocycles. The van der Waals surface area contributed by atoms with Crippen molar-refractivity contribution in [1.29, 1.82) is 0 Å². The van der Waals surface area contributed by atoms with Gasteiger partial charge in [0.25, 0.3) is 0 Å². The standard InChI is InChI=1S/C16H15ClFNO/c1-9-2-3-10(6-13(9)17)16-8-14(19)12-7-11(18)4-5-15(12)20-16/h2-7,14,16H,8,19H2,1H3/t14-,16?/m0/s1. The van der Waals surface area contributed by atoms with Crippen LogP contribution in [0.2, 0.25) is 5.02 Å². The van der Waals surface area contributed by atoms with Gasteiger partial charge in [-0.2, -0.15) is 0 Å². The van der Waals surface area contributed by atoms with Crippen LogP contribution in [0.3, 0.4) is 0 Å². The number of hydrogen-bond donors (Lipinski definition) is 1. The third kappa shape index (κ3) is 2.39. The molecule has 0 bridgehead atoms. The Labute approximate surface area is 122 Å². The molecule has 2 aromatic rings. The molecule has 2 N–H and O–H groups in total. The van der Waals surface area contributed by atoms with E-state index < -0.39 is 0 Å². The molecule has 2 aromatic carbocycles. The van der Waals surface area contributed by atoms with Crippen LogP contribution in [-0.2, 0) is 0 Å². The lowest BCUT2D eigenvalue weighted by atomic mass is 9.93. The molecule has 2 nitrogen and oxygen atoms in total. The van der Waals surface area contributed by atoms with Crippen molar-refractivity contribution in [3.8, 4) is 5.75 Å². The molecule has 1 unspecified atom stereocenters. The van der Waals surface area contributed by atoms with Gasteiger partial charge in [0.05, 0.1) is 0 Å². The zero-order valence-electron chi connectivity index (χ0n) is 11.1. The van der Waals surface area contributed by atoms with E-state index in [0.717, 1.165) is 16.7 Å². The summed E-state index contributed by atoms with van der Waals surface area (Å²) in [5, 5.41) is 0.713. The number of aryl methyl sites for hydroxylation is 1. The lowest BCUT2D eigenvalue weighted by Gasteiger charge is -2.30. The van der Waals surface area contributed by atoms with Crippen LogP contribution in [0.4, 0.5) is 4.39 Å². The van der Waals surface area contributed by atoms with E-state index in [1.54, 1.807) is 6.07 Å². The van der Waals surface area contributed by atoms with Gasteiger partial charge in [-0.3, -0.25) is 0 Å². The maximum atomic E-state index is 13.3. The van der Waals surface area contributed by atoms with Crippen LogP contribution in [-0.4, -0.2) is 0 Å². The number of ether oxygens (including phenoxy) is 1. The van der Waals surface area contributed by atoms with E-state index in [1.165, 1.54) is 12.1 Å². The van der Waals surface area contributed by atoms with Crippen molar-refractivity contribution in [3.63, 3.8) is 0 Å². The smallest absolute Gasteiger partial charge is 0.126 e. The molecule has 20 heavy (non-hydrogen) atoms. The fourth-order valence-electron chi connectivity index (χ4n) is 2.49. The first-order valence-electron chi connectivity index (χ1n) is 6.52. The van der Waals surface area contributed by atoms with Gasteiger partial charge in [0.15, 0.2) is 0 Å². The Kier molecular flexibility index (Phi) is 3.40. The second-order valence-electron chi connectivity index (χ2n) is 5.14. The topological polar surface area (TPSA) is 35.2 Å². The van der Waals surface area contributed by atoms with Gasteiger partial charge in [-0.05, 0) is 42.3 Å². The van der Waals surface area contributed by atoms with E-state index in [9.17, 15) is 4.39 Å². The van der Waals surface area contributed by atoms with Crippen LogP contribution in [0.5, 0.6) is 5.75 Å². The van der Waals surface area contributed by atoms with Crippen molar-refractivity contribution in [2.24, 2.45) is 5.73 Å². The van der Waals surface area contributed by atoms with E-state index in [1.807, 2.05) is 25.1 Å². The average molecular weight is 292 g/mol. The number of halogens is 2. The van der Waals surface area contributed by atoms with Crippen molar-refractivity contribution in [2.45, 2.75) is 25.5 Å². The molecule has 0 aliphatic carbocycles. The first kappa shape index (κ1) is 13.4. The maximum absolute atomic E-state index is 13.3. The summed E-state index contributed by atoms with van der Waals surface area (Å²) in [6.45, 7) is 1.96. The van der Waals surface area contributed by atoms with E-state index in [4.69, 9.17) is 22.1 Å². The summed E-state index contributed by atoms with van der Waals surface area (Å²) in [7, 11) is 0. The van der Waals surface area contributed by atoms with Gasteiger partial charge in [0, 0.05) is 23.0 Å². The number of fused-ring (bicyclic) bond motifs is 1. The van der Waals surface area contributed by atoms with Crippen LogP contribution in [0.25, 0.3) is 0 Å². The summed E-state index contributed by atoms with van der Waals surface area (Å²) in [4.78, 5) is 0. The minimum atomic E-state index is -0.292. The summed E-state index contributed by atoms with van der Waals surface area (Å²) < 4.78 is 19.2. The molecule has 1 aliphatic rings. The third-order valence-electron chi connectivity index (χ3n) is 3.68. The summed E-state index contributed by atoms with van der Waals surface area (Å²) in [5.41, 5.74) is 8.87. The fourth-order valence-corrected chi connectivity index (χ4v) is 2.68. The SMILES string of the molecule is Cc1ccc(C2C[C@H](N)c3cc(F)ccc3O2)cc1Cl. The van der Waals surface area contributed by atoms with E-state index in [0.29, 0.717) is 17.2 Å². The molecular formula is C16H15ClFNO. The van der Waals surface area contributed by atoms with E-state index in [2.05, 4.69) is 0 Å². The minimum absolute atomic E-state index is 0.152. The molecule has 0 amide bonds. The van der Waals surface area contributed by atoms with Gasteiger partial charge in [-0.25, -0.2) is 4.39 Å². The Balaban J connectivity index is 1.94. The van der Waals surface area contributed by atoms with Crippen molar-refractivity contribution in [2.75, 3.05) is 0 Å². The van der Waals surface area contributed by atoms with Gasteiger partial charge < -0.3 is 10.5 Å². The molecule has 0 aromatic heterocycles. The normalized spacial score (nSPS) is 21.2. The highest BCUT2D eigenvalue weighted by molar-refractivity contribution is 6.31. The van der Waals surface area contributed by atoms with Crippen molar-refractivity contribution < 1.29 is 9.13 Å². The Morgan fingerprint density at radius 1 is 1.25 bits per heavy atom. The van der Waals surface area contributed by atoms with Crippen molar-refractivity contribution in [3.05, 3.63) is 63.9 Å². The molecule has 0 spiro atoms. The monoisotopic (exact) mass is 291 g/mol. The van der Waals surface area contributed by atoms with Crippen LogP contribution in [0.15, 0.2) is 36.4 Å².